The fraction of sp³-hybridized carbons (Fsp3) is 0.421. The molecule has 28 heavy (non-hydrogen) atoms. The number of hydrazine groups is 1. The molecule has 1 aromatic carbocycles. The van der Waals surface area contributed by atoms with E-state index in [-0.39, 0.29) is 10.9 Å². The van der Waals surface area contributed by atoms with Crippen molar-refractivity contribution in [2.24, 2.45) is 0 Å². The third-order valence-corrected chi connectivity index (χ3v) is 6.76. The smallest absolute Gasteiger partial charge is 0.267 e. The maximum absolute atomic E-state index is 12.8. The van der Waals surface area contributed by atoms with Gasteiger partial charge in [0.25, 0.3) is 5.91 Å². The average molecular weight is 404 g/mol. The summed E-state index contributed by atoms with van der Waals surface area (Å²) < 4.78 is 27.2. The van der Waals surface area contributed by atoms with E-state index < -0.39 is 15.9 Å². The van der Waals surface area contributed by atoms with Crippen LogP contribution < -0.4 is 10.9 Å². The van der Waals surface area contributed by atoms with Crippen LogP contribution in [-0.4, -0.2) is 41.2 Å². The minimum absolute atomic E-state index is 0.0105. The summed E-state index contributed by atoms with van der Waals surface area (Å²) in [6, 6.07) is 7.76. The fourth-order valence-corrected chi connectivity index (χ4v) is 5.01. The van der Waals surface area contributed by atoms with E-state index in [1.54, 1.807) is 4.31 Å². The van der Waals surface area contributed by atoms with Gasteiger partial charge in [-0.25, -0.2) is 18.4 Å². The number of carbonyl (C=O) groups is 1. The number of anilines is 1. The molecule has 1 saturated heterocycles. The van der Waals surface area contributed by atoms with Crippen molar-refractivity contribution < 1.29 is 13.2 Å². The van der Waals surface area contributed by atoms with Crippen LogP contribution in [0.3, 0.4) is 0 Å². The number of amides is 1. The zero-order valence-electron chi connectivity index (χ0n) is 16.3. The van der Waals surface area contributed by atoms with Crippen LogP contribution in [0, 0.1) is 13.8 Å². The number of carbonyl (C=O) groups excluding carboxylic acids is 1. The number of nitrogens with one attached hydrogen (secondary N) is 2. The maximum Gasteiger partial charge on any atom is 0.269 e. The molecule has 1 atom stereocenters. The first kappa shape index (κ1) is 20.2. The highest BCUT2D eigenvalue weighted by Crippen LogP contribution is 2.25. The number of piperidine rings is 1. The molecular formula is C19H25N5O3S. The molecule has 0 saturated carbocycles. The second-order valence-corrected chi connectivity index (χ2v) is 8.93. The lowest BCUT2D eigenvalue weighted by Gasteiger charge is -2.32. The van der Waals surface area contributed by atoms with Crippen molar-refractivity contribution >= 4 is 21.9 Å². The van der Waals surface area contributed by atoms with Gasteiger partial charge in [-0.1, -0.05) is 6.42 Å². The van der Waals surface area contributed by atoms with E-state index in [4.69, 9.17) is 0 Å². The summed E-state index contributed by atoms with van der Waals surface area (Å²) in [4.78, 5) is 20.9. The van der Waals surface area contributed by atoms with Gasteiger partial charge in [0.1, 0.15) is 0 Å². The van der Waals surface area contributed by atoms with E-state index >= 15 is 0 Å². The van der Waals surface area contributed by atoms with E-state index in [9.17, 15) is 13.2 Å². The van der Waals surface area contributed by atoms with Gasteiger partial charge in [0, 0.05) is 29.5 Å². The van der Waals surface area contributed by atoms with Gasteiger partial charge in [-0.05, 0) is 63.9 Å². The summed E-state index contributed by atoms with van der Waals surface area (Å²) in [5.41, 5.74) is 7.11. The van der Waals surface area contributed by atoms with Gasteiger partial charge >= 0.3 is 0 Å². The highest BCUT2D eigenvalue weighted by Gasteiger charge is 2.30. The fourth-order valence-electron chi connectivity index (χ4n) is 3.31. The van der Waals surface area contributed by atoms with Gasteiger partial charge in [0.15, 0.2) is 0 Å². The lowest BCUT2D eigenvalue weighted by molar-refractivity contribution is 0.0962. The molecule has 2 heterocycles. The van der Waals surface area contributed by atoms with Crippen LogP contribution in [0.1, 0.15) is 47.9 Å². The number of aryl methyl sites for hydroxylation is 2. The number of aromatic nitrogens is 2. The van der Waals surface area contributed by atoms with Crippen molar-refractivity contribution in [1.82, 2.24) is 19.7 Å². The van der Waals surface area contributed by atoms with E-state index in [1.165, 1.54) is 24.3 Å². The van der Waals surface area contributed by atoms with E-state index in [1.807, 2.05) is 26.8 Å². The SMILES string of the molecule is Cc1cc(C)nc(NNC(=O)c2ccc(S(=O)(=O)N3CCCCC3C)cc2)n1. The molecule has 1 aliphatic heterocycles. The monoisotopic (exact) mass is 403 g/mol. The average Bonchev–Trinajstić information content (AvgIpc) is 2.65. The Morgan fingerprint density at radius 1 is 1.11 bits per heavy atom. The van der Waals surface area contributed by atoms with Gasteiger partial charge in [-0.2, -0.15) is 4.31 Å². The number of sulfonamides is 1. The quantitative estimate of drug-likeness (QED) is 0.743. The molecule has 1 fully saturated rings. The molecular weight excluding hydrogens is 378 g/mol. The molecule has 0 bridgehead atoms. The Bertz CT molecular complexity index is 940. The van der Waals surface area contributed by atoms with Crippen LogP contribution in [0.2, 0.25) is 0 Å². The second-order valence-electron chi connectivity index (χ2n) is 7.04. The standard InChI is InChI=1S/C19H25N5O3S/c1-13-12-14(2)21-19(20-13)23-22-18(25)16-7-9-17(10-8-16)28(26,27)24-11-5-4-6-15(24)3/h7-10,12,15H,4-6,11H2,1-3H3,(H,22,25)(H,20,21,23). The first-order chi connectivity index (χ1) is 13.3. The number of hydrogen-bond acceptors (Lipinski definition) is 6. The van der Waals surface area contributed by atoms with Gasteiger partial charge < -0.3 is 0 Å². The van der Waals surface area contributed by atoms with Crippen LogP contribution in [0.4, 0.5) is 5.95 Å². The molecule has 1 unspecified atom stereocenters. The Morgan fingerprint density at radius 3 is 2.36 bits per heavy atom. The first-order valence-corrected chi connectivity index (χ1v) is 10.7. The number of hydrogen-bond donors (Lipinski definition) is 2. The van der Waals surface area contributed by atoms with Crippen molar-refractivity contribution in [3.05, 3.63) is 47.3 Å². The van der Waals surface area contributed by atoms with Gasteiger partial charge in [-0.3, -0.25) is 15.6 Å². The van der Waals surface area contributed by atoms with E-state index in [0.717, 1.165) is 30.7 Å². The van der Waals surface area contributed by atoms with E-state index in [2.05, 4.69) is 20.8 Å². The highest BCUT2D eigenvalue weighted by molar-refractivity contribution is 7.89. The molecule has 1 aromatic heterocycles. The predicted octanol–water partition coefficient (Wildman–Crippen LogP) is 2.41. The molecule has 8 nitrogen and oxygen atoms in total. The minimum Gasteiger partial charge on any atom is -0.267 e. The number of benzene rings is 1. The third-order valence-electron chi connectivity index (χ3n) is 4.74. The summed E-state index contributed by atoms with van der Waals surface area (Å²) in [6.45, 7) is 6.14. The zero-order chi connectivity index (χ0) is 20.3. The van der Waals surface area contributed by atoms with Crippen LogP contribution in [0.15, 0.2) is 35.2 Å². The number of rotatable bonds is 5. The summed E-state index contributed by atoms with van der Waals surface area (Å²) >= 11 is 0. The molecule has 150 valence electrons. The first-order valence-electron chi connectivity index (χ1n) is 9.28. The Labute approximate surface area is 165 Å². The highest BCUT2D eigenvalue weighted by atomic mass is 32.2. The summed E-state index contributed by atoms with van der Waals surface area (Å²) in [5.74, 6) is -0.109. The molecule has 1 aliphatic rings. The largest absolute Gasteiger partial charge is 0.269 e. The van der Waals surface area contributed by atoms with Crippen molar-refractivity contribution in [3.8, 4) is 0 Å². The summed E-state index contributed by atoms with van der Waals surface area (Å²) in [7, 11) is -3.55. The predicted molar refractivity (Wildman–Crippen MR) is 106 cm³/mol. The molecule has 9 heteroatoms. The van der Waals surface area contributed by atoms with E-state index in [0.29, 0.717) is 18.1 Å². The lowest BCUT2D eigenvalue weighted by atomic mass is 10.1. The second kappa shape index (κ2) is 8.24. The molecule has 2 aromatic rings. The Morgan fingerprint density at radius 2 is 1.75 bits per heavy atom. The van der Waals surface area contributed by atoms with Crippen molar-refractivity contribution in [2.75, 3.05) is 12.0 Å². The van der Waals surface area contributed by atoms with Crippen LogP contribution in [-0.2, 0) is 10.0 Å². The maximum atomic E-state index is 12.8. The van der Waals surface area contributed by atoms with Crippen LogP contribution in [0.25, 0.3) is 0 Å². The number of nitrogens with zero attached hydrogens (tertiary/aromatic N) is 3. The van der Waals surface area contributed by atoms with Crippen molar-refractivity contribution in [2.45, 2.75) is 51.0 Å². The molecule has 3 rings (SSSR count). The van der Waals surface area contributed by atoms with Crippen molar-refractivity contribution in [3.63, 3.8) is 0 Å². The van der Waals surface area contributed by atoms with Gasteiger partial charge in [-0.15, -0.1) is 0 Å². The van der Waals surface area contributed by atoms with Gasteiger partial charge in [0.05, 0.1) is 4.90 Å². The minimum atomic E-state index is -3.55. The lowest BCUT2D eigenvalue weighted by Crippen LogP contribution is -2.41. The molecule has 0 spiro atoms. The molecule has 1 amide bonds. The van der Waals surface area contributed by atoms with Crippen LogP contribution >= 0.6 is 0 Å². The Hall–Kier alpha value is -2.52. The third kappa shape index (κ3) is 4.48. The normalized spacial score (nSPS) is 17.9. The van der Waals surface area contributed by atoms with Crippen LogP contribution in [0.5, 0.6) is 0 Å². The molecule has 0 aliphatic carbocycles. The molecule has 0 radical (unpaired) electrons. The zero-order valence-corrected chi connectivity index (χ0v) is 17.1. The molecule has 2 N–H and O–H groups in total. The Balaban J connectivity index is 1.68. The van der Waals surface area contributed by atoms with Crippen molar-refractivity contribution in [1.29, 1.82) is 0 Å². The topological polar surface area (TPSA) is 104 Å². The summed E-state index contributed by atoms with van der Waals surface area (Å²) in [5, 5.41) is 0. The van der Waals surface area contributed by atoms with Gasteiger partial charge in [0.2, 0.25) is 16.0 Å². The Kier molecular flexibility index (Phi) is 5.95. The summed E-state index contributed by atoms with van der Waals surface area (Å²) in [6.07, 6.45) is 2.78.